The summed E-state index contributed by atoms with van der Waals surface area (Å²) in [5.74, 6) is -3.91. The molecule has 7 nitrogen and oxygen atoms in total. The third kappa shape index (κ3) is 5.47. The fourth-order valence-corrected chi connectivity index (χ4v) is 4.93. The first-order chi connectivity index (χ1) is 17.3. The van der Waals surface area contributed by atoms with Gasteiger partial charge >= 0.3 is 0 Å². The Morgan fingerprint density at radius 3 is 1.94 bits per heavy atom. The summed E-state index contributed by atoms with van der Waals surface area (Å²) in [6, 6.07) is 24.7. The van der Waals surface area contributed by atoms with Gasteiger partial charge in [-0.15, -0.1) is 0 Å². The van der Waals surface area contributed by atoms with Gasteiger partial charge in [-0.05, 0) is 55.8 Å². The zero-order chi connectivity index (χ0) is 25.7. The van der Waals surface area contributed by atoms with E-state index in [1.165, 1.54) is 6.92 Å². The van der Waals surface area contributed by atoms with E-state index < -0.39 is 41.0 Å². The van der Waals surface area contributed by atoms with Crippen molar-refractivity contribution in [1.82, 2.24) is 0 Å². The molecule has 186 valence electrons. The molecule has 0 spiro atoms. The first-order valence-electron chi connectivity index (χ1n) is 12.0. The highest BCUT2D eigenvalue weighted by molar-refractivity contribution is 6.10. The van der Waals surface area contributed by atoms with E-state index in [4.69, 9.17) is 4.74 Å². The summed E-state index contributed by atoms with van der Waals surface area (Å²) >= 11 is 0. The van der Waals surface area contributed by atoms with Crippen LogP contribution < -0.4 is 15.4 Å². The predicted octanol–water partition coefficient (Wildman–Crippen LogP) is 4.40. The maximum absolute atomic E-state index is 13.6. The lowest BCUT2D eigenvalue weighted by Gasteiger charge is -2.44. The molecule has 3 aromatic carbocycles. The molecule has 36 heavy (non-hydrogen) atoms. The molecule has 7 heteroatoms. The zero-order valence-electron chi connectivity index (χ0n) is 20.3. The van der Waals surface area contributed by atoms with Crippen LogP contribution in [0.25, 0.3) is 0 Å². The number of benzene rings is 3. The first-order valence-corrected chi connectivity index (χ1v) is 12.0. The van der Waals surface area contributed by atoms with E-state index in [9.17, 15) is 19.5 Å². The Morgan fingerprint density at radius 2 is 1.42 bits per heavy atom. The Hall–Kier alpha value is -3.97. The van der Waals surface area contributed by atoms with Gasteiger partial charge < -0.3 is 20.5 Å². The minimum atomic E-state index is -1.66. The lowest BCUT2D eigenvalue weighted by molar-refractivity contribution is -0.150. The van der Waals surface area contributed by atoms with E-state index in [1.54, 1.807) is 72.8 Å². The van der Waals surface area contributed by atoms with Gasteiger partial charge in [0, 0.05) is 23.7 Å². The van der Waals surface area contributed by atoms with Crippen LogP contribution in [0, 0.1) is 11.8 Å². The number of aliphatic hydroxyl groups is 1. The first kappa shape index (κ1) is 25.1. The van der Waals surface area contributed by atoms with Gasteiger partial charge in [0.1, 0.15) is 17.5 Å². The topological polar surface area (TPSA) is 105 Å². The summed E-state index contributed by atoms with van der Waals surface area (Å²) < 4.78 is 5.54. The number of hydrogen-bond acceptors (Lipinski definition) is 5. The molecule has 1 aliphatic carbocycles. The van der Waals surface area contributed by atoms with Crippen LogP contribution in [-0.2, 0) is 14.4 Å². The maximum atomic E-state index is 13.6. The van der Waals surface area contributed by atoms with Gasteiger partial charge in [0.05, 0.1) is 18.1 Å². The monoisotopic (exact) mass is 486 g/mol. The van der Waals surface area contributed by atoms with Crippen molar-refractivity contribution in [2.45, 2.75) is 31.8 Å². The summed E-state index contributed by atoms with van der Waals surface area (Å²) in [6.07, 6.45) is -0.319. The van der Waals surface area contributed by atoms with E-state index in [2.05, 4.69) is 10.6 Å². The minimum Gasteiger partial charge on any atom is -0.494 e. The van der Waals surface area contributed by atoms with Crippen LogP contribution in [0.3, 0.4) is 0 Å². The van der Waals surface area contributed by atoms with Crippen molar-refractivity contribution in [2.24, 2.45) is 11.8 Å². The Balaban J connectivity index is 1.76. The molecule has 1 aliphatic rings. The summed E-state index contributed by atoms with van der Waals surface area (Å²) in [6.45, 7) is 3.84. The fraction of sp³-hybridized carbons (Fsp3) is 0.276. The number of hydrogen-bond donors (Lipinski definition) is 3. The van der Waals surface area contributed by atoms with Gasteiger partial charge in [-0.1, -0.05) is 48.5 Å². The number of amides is 2. The van der Waals surface area contributed by atoms with E-state index in [-0.39, 0.29) is 6.42 Å². The van der Waals surface area contributed by atoms with Crippen LogP contribution in [0.5, 0.6) is 5.75 Å². The Labute approximate surface area is 210 Å². The van der Waals surface area contributed by atoms with Crippen LogP contribution in [0.4, 0.5) is 11.4 Å². The largest absolute Gasteiger partial charge is 0.494 e. The molecule has 4 rings (SSSR count). The number of nitrogens with one attached hydrogen (secondary N) is 2. The molecule has 0 unspecified atom stereocenters. The Kier molecular flexibility index (Phi) is 7.50. The van der Waals surface area contributed by atoms with Crippen LogP contribution in [0.2, 0.25) is 0 Å². The molecule has 0 aromatic heterocycles. The van der Waals surface area contributed by atoms with Gasteiger partial charge in [-0.25, -0.2) is 0 Å². The number of Topliss-reactive ketones (excluding diaryl/α,β-unsaturated/α-hetero) is 1. The normalized spacial score (nSPS) is 23.5. The smallest absolute Gasteiger partial charge is 0.235 e. The highest BCUT2D eigenvalue weighted by Gasteiger charge is 2.55. The molecule has 2 amide bonds. The highest BCUT2D eigenvalue weighted by atomic mass is 16.5. The summed E-state index contributed by atoms with van der Waals surface area (Å²) in [7, 11) is 0. The van der Waals surface area contributed by atoms with E-state index in [0.717, 1.165) is 0 Å². The standard InChI is InChI=1S/C29H30N2O5/c1-3-36-22-16-14-19(15-17-22)24-25(27(33)30-20-10-6-4-7-11-20)23(32)18-29(2,35)26(24)28(34)31-21-12-8-5-9-13-21/h4-17,24-26,35H,3,18H2,1-2H3,(H,30,33)(H,31,34)/t24-,25-,26-,29-/m1/s1. The summed E-state index contributed by atoms with van der Waals surface area (Å²) in [4.78, 5) is 40.5. The fourth-order valence-electron chi connectivity index (χ4n) is 4.93. The number of anilines is 2. The molecule has 0 saturated heterocycles. The van der Waals surface area contributed by atoms with Gasteiger partial charge in [0.25, 0.3) is 0 Å². The number of ether oxygens (including phenoxy) is 1. The Bertz CT molecular complexity index is 1210. The predicted molar refractivity (Wildman–Crippen MR) is 138 cm³/mol. The van der Waals surface area contributed by atoms with Crippen molar-refractivity contribution in [3.8, 4) is 5.75 Å². The van der Waals surface area contributed by atoms with E-state index in [1.807, 2.05) is 19.1 Å². The molecular formula is C29H30N2O5. The molecule has 0 bridgehead atoms. The quantitative estimate of drug-likeness (QED) is 0.429. The van der Waals surface area contributed by atoms with Crippen molar-refractivity contribution in [3.63, 3.8) is 0 Å². The van der Waals surface area contributed by atoms with Crippen LogP contribution >= 0.6 is 0 Å². The van der Waals surface area contributed by atoms with Gasteiger partial charge in [-0.3, -0.25) is 14.4 Å². The van der Waals surface area contributed by atoms with Crippen molar-refractivity contribution in [1.29, 1.82) is 0 Å². The summed E-state index contributed by atoms with van der Waals surface area (Å²) in [5.41, 5.74) is 0.0328. The number of rotatable bonds is 7. The molecule has 3 aromatic rings. The van der Waals surface area contributed by atoms with Crippen LogP contribution in [0.1, 0.15) is 31.7 Å². The number of para-hydroxylation sites is 2. The second kappa shape index (κ2) is 10.7. The molecule has 0 radical (unpaired) electrons. The van der Waals surface area contributed by atoms with Gasteiger partial charge in [0.15, 0.2) is 0 Å². The van der Waals surface area contributed by atoms with Crippen molar-refractivity contribution < 1.29 is 24.2 Å². The molecule has 4 atom stereocenters. The summed E-state index contributed by atoms with van der Waals surface area (Å²) in [5, 5.41) is 17.0. The molecule has 1 saturated carbocycles. The third-order valence-electron chi connectivity index (χ3n) is 6.49. The lowest BCUT2D eigenvalue weighted by atomic mass is 9.61. The van der Waals surface area contributed by atoms with Gasteiger partial charge in [0.2, 0.25) is 11.8 Å². The minimum absolute atomic E-state index is 0.319. The van der Waals surface area contributed by atoms with E-state index in [0.29, 0.717) is 29.3 Å². The van der Waals surface area contributed by atoms with Crippen molar-refractivity contribution in [2.75, 3.05) is 17.2 Å². The second-order valence-corrected chi connectivity index (χ2v) is 9.19. The molecule has 0 aliphatic heterocycles. The lowest BCUT2D eigenvalue weighted by Crippen LogP contribution is -2.56. The number of carbonyl (C=O) groups excluding carboxylic acids is 3. The molecule has 1 fully saturated rings. The van der Waals surface area contributed by atoms with Crippen LogP contribution in [0.15, 0.2) is 84.9 Å². The van der Waals surface area contributed by atoms with E-state index >= 15 is 0 Å². The highest BCUT2D eigenvalue weighted by Crippen LogP contribution is 2.46. The van der Waals surface area contributed by atoms with Crippen LogP contribution in [-0.4, -0.2) is 34.9 Å². The number of ketones is 1. The van der Waals surface area contributed by atoms with Gasteiger partial charge in [-0.2, -0.15) is 0 Å². The maximum Gasteiger partial charge on any atom is 0.235 e. The molecular weight excluding hydrogens is 456 g/mol. The molecule has 3 N–H and O–H groups in total. The Morgan fingerprint density at radius 1 is 0.889 bits per heavy atom. The average Bonchev–Trinajstić information content (AvgIpc) is 2.85. The van der Waals surface area contributed by atoms with Crippen molar-refractivity contribution in [3.05, 3.63) is 90.5 Å². The molecule has 0 heterocycles. The average molecular weight is 487 g/mol. The van der Waals surface area contributed by atoms with Crippen molar-refractivity contribution >= 4 is 29.0 Å². The third-order valence-corrected chi connectivity index (χ3v) is 6.49. The number of carbonyl (C=O) groups is 3. The zero-order valence-corrected chi connectivity index (χ0v) is 20.3. The SMILES string of the molecule is CCOc1ccc([C@@H]2[C@H](C(=O)Nc3ccccc3)C(=O)C[C@@](C)(O)[C@H]2C(=O)Nc2ccccc2)cc1. The second-order valence-electron chi connectivity index (χ2n) is 9.19.